The maximum Gasteiger partial charge on any atom is 0.401 e. The van der Waals surface area contributed by atoms with Gasteiger partial charge in [-0.05, 0) is 37.0 Å². The van der Waals surface area contributed by atoms with E-state index in [1.54, 1.807) is 13.0 Å². The van der Waals surface area contributed by atoms with Crippen LogP contribution in [-0.2, 0) is 16.6 Å². The second-order valence-electron chi connectivity index (χ2n) is 8.99. The third kappa shape index (κ3) is 5.28. The molecule has 3 heterocycles. The van der Waals surface area contributed by atoms with Gasteiger partial charge in [0.15, 0.2) is 11.6 Å². The number of aryl methyl sites for hydroxylation is 1. The van der Waals surface area contributed by atoms with Crippen LogP contribution in [-0.4, -0.2) is 37.0 Å². The van der Waals surface area contributed by atoms with E-state index in [0.717, 1.165) is 12.3 Å². The first-order chi connectivity index (χ1) is 18.4. The molecule has 1 aromatic carbocycles. The molecule has 0 bridgehead atoms. The molecule has 5 rings (SSSR count). The molecule has 1 saturated carbocycles. The molecule has 39 heavy (non-hydrogen) atoms. The Morgan fingerprint density at radius 3 is 2.46 bits per heavy atom. The maximum absolute atomic E-state index is 14.8. The fraction of sp³-hybridized carbons (Fsp3) is 0.292. The first-order valence-electron chi connectivity index (χ1n) is 11.5. The summed E-state index contributed by atoms with van der Waals surface area (Å²) in [6.45, 7) is -1.25. The lowest BCUT2D eigenvalue weighted by Gasteiger charge is -2.14. The highest BCUT2D eigenvalue weighted by molar-refractivity contribution is 5.91. The molecule has 0 aliphatic heterocycles. The zero-order valence-corrected chi connectivity index (χ0v) is 20.1. The van der Waals surface area contributed by atoms with E-state index in [2.05, 4.69) is 30.9 Å². The standard InChI is InChI=1S/C24H19F6N7O2/c1-12-17(11-37(35-12)21(26)27)33-22-31-9-15(10-32-22)13-2-3-14(16(25)6-13)7-20(38)34-19-8-18(39-36-19)23(4-5-23)24(28,29)30/h2-3,6,8-11,21H,4-5,7H2,1H3,(H,31,32,33)(H,34,36,38). The highest BCUT2D eigenvalue weighted by Gasteiger charge is 2.66. The average molecular weight is 551 g/mol. The van der Waals surface area contributed by atoms with Gasteiger partial charge < -0.3 is 15.2 Å². The van der Waals surface area contributed by atoms with E-state index in [1.165, 1.54) is 24.5 Å². The minimum absolute atomic E-state index is 0.0413. The van der Waals surface area contributed by atoms with Crippen LogP contribution in [0.4, 0.5) is 43.8 Å². The fourth-order valence-corrected chi connectivity index (χ4v) is 3.95. The first-order valence-corrected chi connectivity index (χ1v) is 11.5. The van der Waals surface area contributed by atoms with Gasteiger partial charge >= 0.3 is 12.7 Å². The summed E-state index contributed by atoms with van der Waals surface area (Å²) in [6.07, 6.45) is -1.20. The molecule has 0 radical (unpaired) electrons. The summed E-state index contributed by atoms with van der Waals surface area (Å²) in [5, 5.41) is 12.3. The van der Waals surface area contributed by atoms with Crippen molar-refractivity contribution in [2.24, 2.45) is 0 Å². The van der Waals surface area contributed by atoms with Crippen molar-refractivity contribution >= 4 is 23.4 Å². The molecule has 1 amide bonds. The molecule has 2 N–H and O–H groups in total. The van der Waals surface area contributed by atoms with Gasteiger partial charge in [-0.3, -0.25) is 4.79 Å². The minimum Gasteiger partial charge on any atom is -0.358 e. The number of nitrogens with one attached hydrogen (secondary N) is 2. The normalized spacial score (nSPS) is 14.5. The summed E-state index contributed by atoms with van der Waals surface area (Å²) < 4.78 is 85.3. The smallest absolute Gasteiger partial charge is 0.358 e. The highest BCUT2D eigenvalue weighted by Crippen LogP contribution is 2.59. The lowest BCUT2D eigenvalue weighted by Crippen LogP contribution is -2.28. The summed E-state index contributed by atoms with van der Waals surface area (Å²) >= 11 is 0. The number of benzene rings is 1. The Balaban J connectivity index is 1.21. The molecule has 1 fully saturated rings. The number of halogens is 6. The number of anilines is 3. The highest BCUT2D eigenvalue weighted by atomic mass is 19.4. The average Bonchev–Trinajstić information content (AvgIpc) is 3.45. The van der Waals surface area contributed by atoms with Crippen molar-refractivity contribution in [1.29, 1.82) is 0 Å². The number of aromatic nitrogens is 5. The van der Waals surface area contributed by atoms with Crippen LogP contribution >= 0.6 is 0 Å². The van der Waals surface area contributed by atoms with Gasteiger partial charge in [-0.1, -0.05) is 17.3 Å². The van der Waals surface area contributed by atoms with Gasteiger partial charge in [-0.15, -0.1) is 0 Å². The van der Waals surface area contributed by atoms with Gasteiger partial charge in [0.05, 0.1) is 24.0 Å². The Bertz CT molecular complexity index is 1510. The molecule has 0 spiro atoms. The number of carbonyl (C=O) groups excluding carboxylic acids is 1. The first kappa shape index (κ1) is 26.2. The second-order valence-corrected chi connectivity index (χ2v) is 8.99. The summed E-state index contributed by atoms with van der Waals surface area (Å²) in [5.74, 6) is -1.84. The number of nitrogens with zero attached hydrogens (tertiary/aromatic N) is 5. The van der Waals surface area contributed by atoms with Crippen LogP contribution < -0.4 is 10.6 Å². The van der Waals surface area contributed by atoms with Crippen LogP contribution in [0, 0.1) is 12.7 Å². The Kier molecular flexibility index (Phi) is 6.52. The zero-order chi connectivity index (χ0) is 27.9. The predicted octanol–water partition coefficient (Wildman–Crippen LogP) is 5.69. The van der Waals surface area contributed by atoms with Crippen LogP contribution in [0.5, 0.6) is 0 Å². The quantitative estimate of drug-likeness (QED) is 0.271. The van der Waals surface area contributed by atoms with Crippen molar-refractivity contribution < 1.29 is 35.7 Å². The molecule has 15 heteroatoms. The molecular weight excluding hydrogens is 532 g/mol. The Hall–Kier alpha value is -4.43. The third-order valence-electron chi connectivity index (χ3n) is 6.29. The van der Waals surface area contributed by atoms with E-state index >= 15 is 0 Å². The second kappa shape index (κ2) is 9.71. The predicted molar refractivity (Wildman–Crippen MR) is 125 cm³/mol. The summed E-state index contributed by atoms with van der Waals surface area (Å²) in [4.78, 5) is 20.6. The van der Waals surface area contributed by atoms with Crippen LogP contribution in [0.25, 0.3) is 11.1 Å². The Morgan fingerprint density at radius 2 is 1.87 bits per heavy atom. The van der Waals surface area contributed by atoms with E-state index in [-0.39, 0.29) is 35.9 Å². The largest absolute Gasteiger partial charge is 0.401 e. The van der Waals surface area contributed by atoms with Crippen LogP contribution in [0.3, 0.4) is 0 Å². The summed E-state index contributed by atoms with van der Waals surface area (Å²) in [6, 6.07) is 5.14. The number of amides is 1. The van der Waals surface area contributed by atoms with Gasteiger partial charge in [0.1, 0.15) is 11.2 Å². The molecule has 3 aromatic heterocycles. The van der Waals surface area contributed by atoms with E-state index in [0.29, 0.717) is 27.2 Å². The SMILES string of the molecule is Cc1nn(C(F)F)cc1Nc1ncc(-c2ccc(CC(=O)Nc3cc(C4(C(F)(F)F)CC4)on3)c(F)c2)cn1. The molecule has 0 unspecified atom stereocenters. The van der Waals surface area contributed by atoms with Crippen LogP contribution in [0.15, 0.2) is 47.4 Å². The van der Waals surface area contributed by atoms with Crippen molar-refractivity contribution in [2.75, 3.05) is 10.6 Å². The topological polar surface area (TPSA) is 111 Å². The Morgan fingerprint density at radius 1 is 1.15 bits per heavy atom. The van der Waals surface area contributed by atoms with E-state index in [9.17, 15) is 31.1 Å². The number of hydrogen-bond acceptors (Lipinski definition) is 7. The molecule has 0 atom stereocenters. The van der Waals surface area contributed by atoms with Gasteiger partial charge in [0.25, 0.3) is 0 Å². The van der Waals surface area contributed by atoms with Crippen LogP contribution in [0.1, 0.15) is 36.4 Å². The van der Waals surface area contributed by atoms with Crippen molar-refractivity contribution in [3.63, 3.8) is 0 Å². The Labute approximate surface area is 216 Å². The van der Waals surface area contributed by atoms with Gasteiger partial charge in [-0.25, -0.2) is 19.0 Å². The molecule has 204 valence electrons. The number of rotatable bonds is 8. The summed E-state index contributed by atoms with van der Waals surface area (Å²) in [5.41, 5.74) is -0.552. The third-order valence-corrected chi connectivity index (χ3v) is 6.29. The van der Waals surface area contributed by atoms with Crippen molar-refractivity contribution in [1.82, 2.24) is 24.9 Å². The lowest BCUT2D eigenvalue weighted by atomic mass is 10.0. The molecule has 0 saturated heterocycles. The van der Waals surface area contributed by atoms with Gasteiger partial charge in [0.2, 0.25) is 11.9 Å². The van der Waals surface area contributed by atoms with E-state index < -0.39 is 36.3 Å². The number of alkyl halides is 5. The van der Waals surface area contributed by atoms with Crippen molar-refractivity contribution in [2.45, 2.75) is 44.3 Å². The van der Waals surface area contributed by atoms with Crippen molar-refractivity contribution in [3.8, 4) is 11.1 Å². The molecule has 9 nitrogen and oxygen atoms in total. The number of hydrogen-bond donors (Lipinski definition) is 2. The minimum atomic E-state index is -4.49. The molecule has 4 aromatic rings. The fourth-order valence-electron chi connectivity index (χ4n) is 3.95. The number of carbonyl (C=O) groups is 1. The van der Waals surface area contributed by atoms with Crippen molar-refractivity contribution in [3.05, 3.63) is 65.7 Å². The van der Waals surface area contributed by atoms with Gasteiger partial charge in [0, 0.05) is 24.0 Å². The monoisotopic (exact) mass is 551 g/mol. The van der Waals surface area contributed by atoms with Gasteiger partial charge in [-0.2, -0.15) is 27.1 Å². The summed E-state index contributed by atoms with van der Waals surface area (Å²) in [7, 11) is 0. The molecule has 1 aliphatic rings. The molecular formula is C24H19F6N7O2. The van der Waals surface area contributed by atoms with Crippen LogP contribution in [0.2, 0.25) is 0 Å². The van der Waals surface area contributed by atoms with E-state index in [1.807, 2.05) is 0 Å². The lowest BCUT2D eigenvalue weighted by molar-refractivity contribution is -0.165. The maximum atomic E-state index is 14.8. The zero-order valence-electron chi connectivity index (χ0n) is 20.1. The molecule has 1 aliphatic carbocycles. The van der Waals surface area contributed by atoms with E-state index in [4.69, 9.17) is 4.52 Å².